The summed E-state index contributed by atoms with van der Waals surface area (Å²) in [5, 5.41) is 9.17. The van der Waals surface area contributed by atoms with E-state index in [1.54, 1.807) is 12.1 Å². The van der Waals surface area contributed by atoms with Crippen LogP contribution in [0, 0.1) is 0 Å². The van der Waals surface area contributed by atoms with Gasteiger partial charge in [-0.25, -0.2) is 4.79 Å². The van der Waals surface area contributed by atoms with E-state index >= 15 is 0 Å². The van der Waals surface area contributed by atoms with Crippen LogP contribution >= 0.6 is 0 Å². The number of benzene rings is 1. The van der Waals surface area contributed by atoms with E-state index in [1.165, 1.54) is 20.3 Å². The van der Waals surface area contributed by atoms with Gasteiger partial charge in [0, 0.05) is 13.5 Å². The summed E-state index contributed by atoms with van der Waals surface area (Å²) in [5.41, 5.74) is 0.815. The van der Waals surface area contributed by atoms with Gasteiger partial charge >= 0.3 is 11.9 Å². The predicted molar refractivity (Wildman–Crippen MR) is 71.1 cm³/mol. The normalized spacial score (nSPS) is 10.1. The highest BCUT2D eigenvalue weighted by Gasteiger charge is 2.13. The Balaban J connectivity index is 2.78. The number of hydrogen-bond acceptors (Lipinski definition) is 5. The first-order valence-electron chi connectivity index (χ1n) is 6.13. The van der Waals surface area contributed by atoms with Gasteiger partial charge in [-0.2, -0.15) is 0 Å². The van der Waals surface area contributed by atoms with Gasteiger partial charge in [-0.3, -0.25) is 4.79 Å². The molecule has 20 heavy (non-hydrogen) atoms. The molecule has 0 aromatic heterocycles. The highest BCUT2D eigenvalue weighted by Crippen LogP contribution is 2.21. The van der Waals surface area contributed by atoms with Crippen LogP contribution in [0.3, 0.4) is 0 Å². The van der Waals surface area contributed by atoms with Crippen molar-refractivity contribution in [1.82, 2.24) is 0 Å². The monoisotopic (exact) mass is 282 g/mol. The second-order valence-electron chi connectivity index (χ2n) is 4.05. The molecule has 0 spiro atoms. The minimum Gasteiger partial charge on any atom is -0.490 e. The third-order valence-corrected chi connectivity index (χ3v) is 2.66. The van der Waals surface area contributed by atoms with Gasteiger partial charge in [0.1, 0.15) is 17.9 Å². The molecule has 0 amide bonds. The molecule has 0 radical (unpaired) electrons. The molecule has 6 heteroatoms. The summed E-state index contributed by atoms with van der Waals surface area (Å²) >= 11 is 0. The maximum atomic E-state index is 11.2. The van der Waals surface area contributed by atoms with Crippen LogP contribution in [-0.2, 0) is 20.7 Å². The van der Waals surface area contributed by atoms with Crippen LogP contribution in [0.1, 0.15) is 22.3 Å². The number of methoxy groups -OCH3 is 2. The highest BCUT2D eigenvalue weighted by molar-refractivity contribution is 5.91. The number of aryl methyl sites for hydroxylation is 1. The van der Waals surface area contributed by atoms with Crippen molar-refractivity contribution in [2.45, 2.75) is 12.8 Å². The minimum absolute atomic E-state index is 0.0727. The second kappa shape index (κ2) is 8.16. The number of aromatic carboxylic acids is 1. The molecule has 0 saturated heterocycles. The molecule has 0 saturated carbocycles. The average molecular weight is 282 g/mol. The van der Waals surface area contributed by atoms with Crippen molar-refractivity contribution in [2.24, 2.45) is 0 Å². The third kappa shape index (κ3) is 4.89. The standard InChI is InChI=1S/C14H18O6/c1-18-7-8-20-12-5-3-10(4-6-13(15)19-2)9-11(12)14(16)17/h3,5,9H,4,6-8H2,1-2H3,(H,16,17). The molecule has 0 bridgehead atoms. The Bertz CT molecular complexity index is 469. The fourth-order valence-corrected chi connectivity index (χ4v) is 1.61. The first-order valence-corrected chi connectivity index (χ1v) is 6.13. The van der Waals surface area contributed by atoms with Crippen LogP contribution in [0.4, 0.5) is 0 Å². The molecule has 0 fully saturated rings. The van der Waals surface area contributed by atoms with Gasteiger partial charge in [-0.05, 0) is 24.1 Å². The van der Waals surface area contributed by atoms with Crippen molar-refractivity contribution in [3.8, 4) is 5.75 Å². The lowest BCUT2D eigenvalue weighted by Crippen LogP contribution is -2.09. The Kier molecular flexibility index (Phi) is 6.52. The van der Waals surface area contributed by atoms with Gasteiger partial charge < -0.3 is 19.3 Å². The van der Waals surface area contributed by atoms with E-state index in [4.69, 9.17) is 14.6 Å². The van der Waals surface area contributed by atoms with E-state index in [1.807, 2.05) is 0 Å². The largest absolute Gasteiger partial charge is 0.490 e. The Morgan fingerprint density at radius 3 is 2.55 bits per heavy atom. The van der Waals surface area contributed by atoms with Crippen molar-refractivity contribution in [3.63, 3.8) is 0 Å². The van der Waals surface area contributed by atoms with E-state index in [0.29, 0.717) is 13.0 Å². The van der Waals surface area contributed by atoms with Crippen molar-refractivity contribution in [2.75, 3.05) is 27.4 Å². The second-order valence-corrected chi connectivity index (χ2v) is 4.05. The molecule has 0 aliphatic heterocycles. The molecule has 1 aromatic carbocycles. The van der Waals surface area contributed by atoms with Crippen LogP contribution in [0.5, 0.6) is 5.75 Å². The number of carbonyl (C=O) groups excluding carboxylic acids is 1. The van der Waals surface area contributed by atoms with Crippen molar-refractivity contribution in [3.05, 3.63) is 29.3 Å². The molecule has 0 heterocycles. The number of hydrogen-bond donors (Lipinski definition) is 1. The zero-order valence-corrected chi connectivity index (χ0v) is 11.5. The molecule has 0 aliphatic rings. The Morgan fingerprint density at radius 2 is 1.95 bits per heavy atom. The lowest BCUT2D eigenvalue weighted by Gasteiger charge is -2.10. The maximum Gasteiger partial charge on any atom is 0.339 e. The van der Waals surface area contributed by atoms with Crippen LogP contribution in [0.25, 0.3) is 0 Å². The van der Waals surface area contributed by atoms with Crippen molar-refractivity contribution >= 4 is 11.9 Å². The van der Waals surface area contributed by atoms with Crippen LogP contribution in [0.2, 0.25) is 0 Å². The zero-order valence-electron chi connectivity index (χ0n) is 11.5. The minimum atomic E-state index is -1.07. The van der Waals surface area contributed by atoms with Gasteiger partial charge in [0.15, 0.2) is 0 Å². The first-order chi connectivity index (χ1) is 9.58. The zero-order chi connectivity index (χ0) is 15.0. The van der Waals surface area contributed by atoms with E-state index in [-0.39, 0.29) is 30.3 Å². The number of rotatable bonds is 8. The summed E-state index contributed by atoms with van der Waals surface area (Å²) in [4.78, 5) is 22.3. The topological polar surface area (TPSA) is 82.1 Å². The average Bonchev–Trinajstić information content (AvgIpc) is 2.45. The smallest absolute Gasteiger partial charge is 0.339 e. The van der Waals surface area contributed by atoms with E-state index in [9.17, 15) is 9.59 Å². The molecule has 0 unspecified atom stereocenters. The fraction of sp³-hybridized carbons (Fsp3) is 0.429. The molecule has 1 rings (SSSR count). The summed E-state index contributed by atoms with van der Waals surface area (Å²) < 4.78 is 14.7. The summed E-state index contributed by atoms with van der Waals surface area (Å²) in [5.74, 6) is -1.11. The van der Waals surface area contributed by atoms with E-state index in [0.717, 1.165) is 5.56 Å². The van der Waals surface area contributed by atoms with Crippen molar-refractivity contribution < 1.29 is 28.9 Å². The fourth-order valence-electron chi connectivity index (χ4n) is 1.61. The third-order valence-electron chi connectivity index (χ3n) is 2.66. The van der Waals surface area contributed by atoms with Gasteiger partial charge in [-0.15, -0.1) is 0 Å². The molecule has 1 aromatic rings. The highest BCUT2D eigenvalue weighted by atomic mass is 16.5. The molecular formula is C14H18O6. The van der Waals surface area contributed by atoms with Gasteiger partial charge in [-0.1, -0.05) is 6.07 Å². The molecular weight excluding hydrogens is 264 g/mol. The Labute approximate surface area is 117 Å². The molecule has 0 aliphatic carbocycles. The number of esters is 1. The van der Waals surface area contributed by atoms with Gasteiger partial charge in [0.25, 0.3) is 0 Å². The van der Waals surface area contributed by atoms with E-state index in [2.05, 4.69) is 4.74 Å². The van der Waals surface area contributed by atoms with Gasteiger partial charge in [0.2, 0.25) is 0 Å². The molecule has 110 valence electrons. The lowest BCUT2D eigenvalue weighted by molar-refractivity contribution is -0.140. The predicted octanol–water partition coefficient (Wildman–Crippen LogP) is 1.52. The number of carboxylic acid groups (broad SMARTS) is 1. The summed E-state index contributed by atoms with van der Waals surface area (Å²) in [6.07, 6.45) is 0.630. The lowest BCUT2D eigenvalue weighted by atomic mass is 10.1. The molecule has 0 atom stereocenters. The van der Waals surface area contributed by atoms with E-state index < -0.39 is 5.97 Å². The van der Waals surface area contributed by atoms with Crippen LogP contribution in [0.15, 0.2) is 18.2 Å². The Hall–Kier alpha value is -2.08. The number of ether oxygens (including phenoxy) is 3. The SMILES string of the molecule is COCCOc1ccc(CCC(=O)OC)cc1C(=O)O. The van der Waals surface area contributed by atoms with Crippen LogP contribution < -0.4 is 4.74 Å². The van der Waals surface area contributed by atoms with Crippen LogP contribution in [-0.4, -0.2) is 44.5 Å². The number of carbonyl (C=O) groups is 2. The quantitative estimate of drug-likeness (QED) is 0.575. The maximum absolute atomic E-state index is 11.2. The first kappa shape index (κ1) is 16.0. The summed E-state index contributed by atoms with van der Waals surface area (Å²) in [6.45, 7) is 0.654. The molecule has 1 N–H and O–H groups in total. The Morgan fingerprint density at radius 1 is 1.20 bits per heavy atom. The summed E-state index contributed by atoms with van der Waals surface area (Å²) in [6, 6.07) is 4.83. The number of carboxylic acids is 1. The summed E-state index contributed by atoms with van der Waals surface area (Å²) in [7, 11) is 2.86. The van der Waals surface area contributed by atoms with Crippen molar-refractivity contribution in [1.29, 1.82) is 0 Å². The van der Waals surface area contributed by atoms with Gasteiger partial charge in [0.05, 0.1) is 13.7 Å². The molecule has 6 nitrogen and oxygen atoms in total.